The maximum atomic E-state index is 12.7. The van der Waals surface area contributed by atoms with Crippen LogP contribution in [-0.4, -0.2) is 17.6 Å². The maximum absolute atomic E-state index is 12.7. The van der Waals surface area contributed by atoms with E-state index in [1.807, 2.05) is 19.2 Å². The van der Waals surface area contributed by atoms with Crippen molar-refractivity contribution in [3.8, 4) is 0 Å². The van der Waals surface area contributed by atoms with Gasteiger partial charge in [0.15, 0.2) is 0 Å². The molecule has 1 aromatic rings. The van der Waals surface area contributed by atoms with Gasteiger partial charge in [-0.25, -0.2) is 0 Å². The van der Waals surface area contributed by atoms with Crippen LogP contribution in [0.1, 0.15) is 63.0 Å². The molecule has 0 N–H and O–H groups in total. The lowest BCUT2D eigenvalue weighted by molar-refractivity contribution is -0.142. The highest BCUT2D eigenvalue weighted by Gasteiger charge is 2.26. The molecule has 0 spiro atoms. The fourth-order valence-corrected chi connectivity index (χ4v) is 2.54. The molecule has 1 atom stereocenters. The zero-order chi connectivity index (χ0) is 15.8. The van der Waals surface area contributed by atoms with Gasteiger partial charge in [-0.3, -0.25) is 9.59 Å². The lowest BCUT2D eigenvalue weighted by atomic mass is 9.91. The third-order valence-corrected chi connectivity index (χ3v) is 3.85. The number of aromatic nitrogens is 1. The molecule has 0 aliphatic carbocycles. The molecule has 0 saturated carbocycles. The number of rotatable bonds is 8. The zero-order valence-corrected chi connectivity index (χ0v) is 13.6. The molecule has 0 radical (unpaired) electrons. The Morgan fingerprint density at radius 2 is 1.95 bits per heavy atom. The summed E-state index contributed by atoms with van der Waals surface area (Å²) in [6.07, 6.45) is 6.38. The molecule has 0 fully saturated rings. The van der Waals surface area contributed by atoms with Crippen LogP contribution < -0.4 is 5.56 Å². The molecule has 0 bridgehead atoms. The Labute approximate surface area is 127 Å². The fourth-order valence-electron chi connectivity index (χ4n) is 2.54. The second-order valence-corrected chi connectivity index (χ2v) is 5.48. The average Bonchev–Trinajstić information content (AvgIpc) is 2.49. The first-order valence-corrected chi connectivity index (χ1v) is 7.84. The van der Waals surface area contributed by atoms with Gasteiger partial charge in [0.2, 0.25) is 0 Å². The van der Waals surface area contributed by atoms with Gasteiger partial charge in [0.05, 0.1) is 13.0 Å². The zero-order valence-electron chi connectivity index (χ0n) is 13.6. The quantitative estimate of drug-likeness (QED) is 0.690. The number of nitrogens with zero attached hydrogens (tertiary/aromatic N) is 1. The minimum Gasteiger partial charge on any atom is -0.469 e. The second-order valence-electron chi connectivity index (χ2n) is 5.48. The first-order valence-electron chi connectivity index (χ1n) is 7.84. The van der Waals surface area contributed by atoms with Crippen LogP contribution in [0, 0.1) is 6.92 Å². The maximum Gasteiger partial charge on any atom is 0.313 e. The van der Waals surface area contributed by atoms with Crippen molar-refractivity contribution in [1.29, 1.82) is 0 Å². The summed E-state index contributed by atoms with van der Waals surface area (Å²) in [6, 6.07) is 1.92. The number of carbonyl (C=O) groups is 1. The van der Waals surface area contributed by atoms with Crippen molar-refractivity contribution >= 4 is 5.97 Å². The Morgan fingerprint density at radius 3 is 2.52 bits per heavy atom. The Morgan fingerprint density at radius 1 is 1.29 bits per heavy atom. The molecule has 1 rings (SSSR count). The van der Waals surface area contributed by atoms with E-state index in [2.05, 4.69) is 13.8 Å². The van der Waals surface area contributed by atoms with Crippen LogP contribution in [0.15, 0.2) is 17.1 Å². The predicted octanol–water partition coefficient (Wildman–Crippen LogP) is 3.40. The first-order chi connectivity index (χ1) is 10.1. The average molecular weight is 293 g/mol. The molecule has 0 amide bonds. The van der Waals surface area contributed by atoms with Crippen LogP contribution in [0.5, 0.6) is 0 Å². The second kappa shape index (κ2) is 8.65. The monoisotopic (exact) mass is 293 g/mol. The number of ether oxygens (including phenoxy) is 1. The third-order valence-electron chi connectivity index (χ3n) is 3.85. The molecule has 1 heterocycles. The van der Waals surface area contributed by atoms with Gasteiger partial charge in [-0.1, -0.05) is 33.1 Å². The van der Waals surface area contributed by atoms with Gasteiger partial charge >= 0.3 is 5.97 Å². The van der Waals surface area contributed by atoms with Gasteiger partial charge in [0, 0.05) is 18.3 Å². The normalized spacial score (nSPS) is 12.2. The van der Waals surface area contributed by atoms with Gasteiger partial charge in [0.25, 0.3) is 5.56 Å². The number of aryl methyl sites for hydroxylation is 2. The number of hydrogen-bond donors (Lipinski definition) is 0. The number of methoxy groups -OCH3 is 1. The Kier molecular flexibility index (Phi) is 7.20. The van der Waals surface area contributed by atoms with E-state index in [1.54, 1.807) is 4.57 Å². The molecule has 0 aromatic carbocycles. The third kappa shape index (κ3) is 4.45. The highest BCUT2D eigenvalue weighted by molar-refractivity contribution is 5.78. The van der Waals surface area contributed by atoms with E-state index >= 15 is 0 Å². The summed E-state index contributed by atoms with van der Waals surface area (Å²) in [6.45, 7) is 6.76. The number of esters is 1. The van der Waals surface area contributed by atoms with Crippen LogP contribution in [0.3, 0.4) is 0 Å². The summed E-state index contributed by atoms with van der Waals surface area (Å²) in [5.74, 6) is -0.756. The minimum atomic E-state index is -0.448. The van der Waals surface area contributed by atoms with E-state index in [-0.39, 0.29) is 11.5 Å². The van der Waals surface area contributed by atoms with Crippen molar-refractivity contribution in [3.05, 3.63) is 33.7 Å². The highest BCUT2D eigenvalue weighted by atomic mass is 16.5. The summed E-state index contributed by atoms with van der Waals surface area (Å²) >= 11 is 0. The molecular formula is C17H27NO3. The summed E-state index contributed by atoms with van der Waals surface area (Å²) in [7, 11) is 1.38. The van der Waals surface area contributed by atoms with E-state index in [0.717, 1.165) is 31.2 Å². The van der Waals surface area contributed by atoms with Gasteiger partial charge in [-0.15, -0.1) is 0 Å². The van der Waals surface area contributed by atoms with Crippen LogP contribution >= 0.6 is 0 Å². The van der Waals surface area contributed by atoms with Crippen molar-refractivity contribution in [2.75, 3.05) is 7.11 Å². The Bertz CT molecular complexity index is 519. The van der Waals surface area contributed by atoms with Gasteiger partial charge in [-0.05, 0) is 31.4 Å². The number of hydrogen-bond acceptors (Lipinski definition) is 3. The van der Waals surface area contributed by atoms with E-state index in [4.69, 9.17) is 4.74 Å². The smallest absolute Gasteiger partial charge is 0.313 e. The lowest BCUT2D eigenvalue weighted by Crippen LogP contribution is -2.29. The molecule has 0 aliphatic rings. The Hall–Kier alpha value is -1.58. The molecule has 118 valence electrons. The SMILES string of the molecule is CCCCC(C(=O)OC)c1c(C)ccn(CCCC)c1=O. The summed E-state index contributed by atoms with van der Waals surface area (Å²) in [5.41, 5.74) is 1.43. The van der Waals surface area contributed by atoms with Crippen molar-refractivity contribution in [2.24, 2.45) is 0 Å². The van der Waals surface area contributed by atoms with Gasteiger partial charge < -0.3 is 9.30 Å². The molecule has 0 saturated heterocycles. The largest absolute Gasteiger partial charge is 0.469 e. The van der Waals surface area contributed by atoms with Gasteiger partial charge in [-0.2, -0.15) is 0 Å². The van der Waals surface area contributed by atoms with Crippen molar-refractivity contribution in [3.63, 3.8) is 0 Å². The molecule has 21 heavy (non-hydrogen) atoms. The molecule has 4 nitrogen and oxygen atoms in total. The van der Waals surface area contributed by atoms with Crippen molar-refractivity contribution < 1.29 is 9.53 Å². The summed E-state index contributed by atoms with van der Waals surface area (Å²) in [4.78, 5) is 24.8. The first kappa shape index (κ1) is 17.5. The minimum absolute atomic E-state index is 0.0463. The van der Waals surface area contributed by atoms with E-state index in [0.29, 0.717) is 18.5 Å². The topological polar surface area (TPSA) is 48.3 Å². The molecule has 1 aromatic heterocycles. The predicted molar refractivity (Wildman–Crippen MR) is 84.6 cm³/mol. The van der Waals surface area contributed by atoms with Crippen molar-refractivity contribution in [2.45, 2.75) is 65.3 Å². The Balaban J connectivity index is 3.22. The summed E-state index contributed by atoms with van der Waals surface area (Å²) < 4.78 is 6.62. The highest BCUT2D eigenvalue weighted by Crippen LogP contribution is 2.23. The number of pyridine rings is 1. The van der Waals surface area contributed by atoms with Crippen molar-refractivity contribution in [1.82, 2.24) is 4.57 Å². The molecule has 0 aliphatic heterocycles. The van der Waals surface area contributed by atoms with Gasteiger partial charge in [0.1, 0.15) is 0 Å². The lowest BCUT2D eigenvalue weighted by Gasteiger charge is -2.18. The summed E-state index contributed by atoms with van der Waals surface area (Å²) in [5, 5.41) is 0. The molecule has 1 unspecified atom stereocenters. The van der Waals surface area contributed by atoms with E-state index in [9.17, 15) is 9.59 Å². The standard InChI is InChI=1S/C17H27NO3/c1-5-7-9-14(17(20)21-4)15-13(3)10-12-18(16(15)19)11-8-6-2/h10,12,14H,5-9,11H2,1-4H3. The number of unbranched alkanes of at least 4 members (excludes halogenated alkanes) is 2. The van der Waals surface area contributed by atoms with Crippen LogP contribution in [0.4, 0.5) is 0 Å². The van der Waals surface area contributed by atoms with Crippen LogP contribution in [-0.2, 0) is 16.1 Å². The number of carbonyl (C=O) groups excluding carboxylic acids is 1. The van der Waals surface area contributed by atoms with E-state index < -0.39 is 5.92 Å². The van der Waals surface area contributed by atoms with E-state index in [1.165, 1.54) is 7.11 Å². The molecular weight excluding hydrogens is 266 g/mol. The van der Waals surface area contributed by atoms with Crippen LogP contribution in [0.2, 0.25) is 0 Å². The fraction of sp³-hybridized carbons (Fsp3) is 0.647. The molecule has 4 heteroatoms. The van der Waals surface area contributed by atoms with Crippen LogP contribution in [0.25, 0.3) is 0 Å².